The molecule has 0 fully saturated rings. The van der Waals surface area contributed by atoms with Crippen LogP contribution in [0, 0.1) is 0 Å². The van der Waals surface area contributed by atoms with E-state index >= 15 is 0 Å². The van der Waals surface area contributed by atoms with Crippen LogP contribution in [-0.4, -0.2) is 30.3 Å². The van der Waals surface area contributed by atoms with Crippen LogP contribution in [0.1, 0.15) is 31.4 Å². The highest BCUT2D eigenvalue weighted by Crippen LogP contribution is 2.35. The molecule has 1 heterocycles. The molecule has 3 nitrogen and oxygen atoms in total. The summed E-state index contributed by atoms with van der Waals surface area (Å²) in [6, 6.07) is 17.7. The lowest BCUT2D eigenvalue weighted by Gasteiger charge is -2.28. The van der Waals surface area contributed by atoms with Crippen molar-refractivity contribution < 1.29 is 5.11 Å². The molecule has 1 atom stereocenters. The topological polar surface area (TPSA) is 35.5 Å². The Morgan fingerprint density at radius 1 is 0.960 bits per heavy atom. The highest BCUT2D eigenvalue weighted by molar-refractivity contribution is 5.85. The van der Waals surface area contributed by atoms with Crippen molar-refractivity contribution in [2.24, 2.45) is 0 Å². The Morgan fingerprint density at radius 2 is 1.48 bits per heavy atom. The third-order valence-electron chi connectivity index (χ3n) is 4.68. The van der Waals surface area contributed by atoms with Crippen molar-refractivity contribution >= 4 is 23.8 Å². The summed E-state index contributed by atoms with van der Waals surface area (Å²) in [6.45, 7) is 5.69. The summed E-state index contributed by atoms with van der Waals surface area (Å²) >= 11 is 0. The Morgan fingerprint density at radius 3 is 2.00 bits per heavy atom. The van der Waals surface area contributed by atoms with Gasteiger partial charge in [0.1, 0.15) is 0 Å². The minimum Gasteiger partial charge on any atom is -0.392 e. The van der Waals surface area contributed by atoms with Gasteiger partial charge in [0.15, 0.2) is 0 Å². The number of para-hydroxylation sites is 2. The zero-order valence-electron chi connectivity index (χ0n) is 15.1. The molecule has 2 N–H and O–H groups in total. The fourth-order valence-corrected chi connectivity index (χ4v) is 3.36. The van der Waals surface area contributed by atoms with Gasteiger partial charge in [0.05, 0.1) is 6.10 Å². The average molecular weight is 361 g/mol. The van der Waals surface area contributed by atoms with E-state index in [0.717, 1.165) is 25.8 Å². The minimum atomic E-state index is -0.324. The first-order valence-electron chi connectivity index (χ1n) is 9.00. The summed E-state index contributed by atoms with van der Waals surface area (Å²) in [5, 5.41) is 13.6. The number of hydrogen-bond donors (Lipinski definition) is 2. The lowest BCUT2D eigenvalue weighted by Crippen LogP contribution is -2.34. The normalized spacial score (nSPS) is 14.3. The third-order valence-corrected chi connectivity index (χ3v) is 4.68. The van der Waals surface area contributed by atoms with Gasteiger partial charge in [0.25, 0.3) is 0 Å². The lowest BCUT2D eigenvalue weighted by molar-refractivity contribution is 0.161. The fourth-order valence-electron chi connectivity index (χ4n) is 3.36. The number of nitrogens with one attached hydrogen (secondary N) is 1. The maximum atomic E-state index is 10.3. The molecule has 0 saturated carbocycles. The van der Waals surface area contributed by atoms with Crippen molar-refractivity contribution in [3.8, 4) is 0 Å². The van der Waals surface area contributed by atoms with E-state index in [4.69, 9.17) is 0 Å². The van der Waals surface area contributed by atoms with Crippen molar-refractivity contribution in [1.29, 1.82) is 0 Å². The average Bonchev–Trinajstić information content (AvgIpc) is 2.75. The molecule has 0 saturated heterocycles. The molecule has 1 aliphatic rings. The molecule has 0 aliphatic carbocycles. The van der Waals surface area contributed by atoms with Gasteiger partial charge in [0, 0.05) is 30.5 Å². The van der Waals surface area contributed by atoms with Gasteiger partial charge < -0.3 is 15.3 Å². The monoisotopic (exact) mass is 360 g/mol. The van der Waals surface area contributed by atoms with Gasteiger partial charge in [-0.15, -0.1) is 12.4 Å². The molecule has 136 valence electrons. The number of hydrogen-bond acceptors (Lipinski definition) is 3. The Kier molecular flexibility index (Phi) is 7.30. The predicted octanol–water partition coefficient (Wildman–Crippen LogP) is 4.09. The summed E-state index contributed by atoms with van der Waals surface area (Å²) in [5.74, 6) is 0. The van der Waals surface area contributed by atoms with E-state index in [1.807, 2.05) is 0 Å². The molecule has 0 spiro atoms. The number of anilines is 2. The summed E-state index contributed by atoms with van der Waals surface area (Å²) < 4.78 is 0. The molecular weight excluding hydrogens is 332 g/mol. The number of rotatable bonds is 6. The zero-order chi connectivity index (χ0) is 16.9. The molecule has 3 rings (SSSR count). The Labute approximate surface area is 157 Å². The van der Waals surface area contributed by atoms with Gasteiger partial charge in [-0.3, -0.25) is 0 Å². The third kappa shape index (κ3) is 4.97. The van der Waals surface area contributed by atoms with Gasteiger partial charge in [-0.1, -0.05) is 50.2 Å². The molecule has 1 aliphatic heterocycles. The van der Waals surface area contributed by atoms with Crippen LogP contribution in [0.3, 0.4) is 0 Å². The van der Waals surface area contributed by atoms with Gasteiger partial charge in [-0.05, 0) is 42.5 Å². The summed E-state index contributed by atoms with van der Waals surface area (Å²) in [5.41, 5.74) is 5.35. The van der Waals surface area contributed by atoms with Crippen LogP contribution in [0.5, 0.6) is 0 Å². The summed E-state index contributed by atoms with van der Waals surface area (Å²) in [4.78, 5) is 2.39. The van der Waals surface area contributed by atoms with E-state index in [-0.39, 0.29) is 18.5 Å². The highest BCUT2D eigenvalue weighted by Gasteiger charge is 2.20. The first-order chi connectivity index (χ1) is 11.6. The highest BCUT2D eigenvalue weighted by atomic mass is 35.5. The number of fused-ring (bicyclic) bond motifs is 2. The lowest BCUT2D eigenvalue weighted by atomic mass is 10.0. The molecule has 25 heavy (non-hydrogen) atoms. The summed E-state index contributed by atoms with van der Waals surface area (Å²) in [6.07, 6.45) is 2.57. The van der Waals surface area contributed by atoms with Gasteiger partial charge in [-0.2, -0.15) is 0 Å². The molecular formula is C21H29ClN2O. The predicted molar refractivity (Wildman–Crippen MR) is 108 cm³/mol. The number of aliphatic hydroxyl groups is 1. The van der Waals surface area contributed by atoms with Gasteiger partial charge in [0.2, 0.25) is 0 Å². The summed E-state index contributed by atoms with van der Waals surface area (Å²) in [7, 11) is 0. The van der Waals surface area contributed by atoms with Crippen LogP contribution < -0.4 is 10.2 Å². The van der Waals surface area contributed by atoms with Crippen LogP contribution in [0.15, 0.2) is 48.5 Å². The first-order valence-corrected chi connectivity index (χ1v) is 9.00. The quantitative estimate of drug-likeness (QED) is 0.814. The van der Waals surface area contributed by atoms with Crippen LogP contribution in [0.4, 0.5) is 11.4 Å². The molecule has 2 aromatic carbocycles. The second kappa shape index (κ2) is 9.23. The van der Waals surface area contributed by atoms with Crippen LogP contribution in [0.2, 0.25) is 0 Å². The molecule has 0 bridgehead atoms. The van der Waals surface area contributed by atoms with E-state index in [9.17, 15) is 5.11 Å². The largest absolute Gasteiger partial charge is 0.392 e. The Balaban J connectivity index is 0.00000225. The second-order valence-electron chi connectivity index (χ2n) is 6.91. The fraction of sp³-hybridized carbons (Fsp3) is 0.429. The van der Waals surface area contributed by atoms with E-state index in [1.165, 1.54) is 22.5 Å². The van der Waals surface area contributed by atoms with Crippen molar-refractivity contribution in [1.82, 2.24) is 5.32 Å². The maximum absolute atomic E-state index is 10.3. The number of benzene rings is 2. The molecule has 2 aromatic rings. The maximum Gasteiger partial charge on any atom is 0.0681 e. The zero-order valence-corrected chi connectivity index (χ0v) is 15.9. The van der Waals surface area contributed by atoms with E-state index in [2.05, 4.69) is 72.6 Å². The van der Waals surface area contributed by atoms with E-state index in [0.29, 0.717) is 12.6 Å². The van der Waals surface area contributed by atoms with E-state index < -0.39 is 0 Å². The van der Waals surface area contributed by atoms with Crippen molar-refractivity contribution in [3.63, 3.8) is 0 Å². The van der Waals surface area contributed by atoms with Crippen LogP contribution in [-0.2, 0) is 12.8 Å². The van der Waals surface area contributed by atoms with E-state index in [1.54, 1.807) is 0 Å². The second-order valence-corrected chi connectivity index (χ2v) is 6.91. The van der Waals surface area contributed by atoms with Crippen molar-refractivity contribution in [2.45, 2.75) is 45.3 Å². The number of aryl methyl sites for hydroxylation is 2. The Bertz CT molecular complexity index is 627. The number of halogens is 1. The SMILES string of the molecule is CC(C)NCC(O)CCN1c2ccccc2CCc2ccccc21.Cl. The molecule has 0 aromatic heterocycles. The van der Waals surface area contributed by atoms with Crippen LogP contribution >= 0.6 is 12.4 Å². The van der Waals surface area contributed by atoms with Crippen molar-refractivity contribution in [2.75, 3.05) is 18.0 Å². The van der Waals surface area contributed by atoms with Gasteiger partial charge >= 0.3 is 0 Å². The Hall–Kier alpha value is -1.55. The molecule has 1 unspecified atom stereocenters. The molecule has 4 heteroatoms. The smallest absolute Gasteiger partial charge is 0.0681 e. The first kappa shape index (κ1) is 19.8. The minimum absolute atomic E-state index is 0. The van der Waals surface area contributed by atoms with Crippen molar-refractivity contribution in [3.05, 3.63) is 59.7 Å². The van der Waals surface area contributed by atoms with Crippen LogP contribution in [0.25, 0.3) is 0 Å². The molecule has 0 amide bonds. The number of nitrogens with zero attached hydrogens (tertiary/aromatic N) is 1. The standard InChI is InChI=1S/C21H28N2O.ClH/c1-16(2)22-15-19(24)13-14-23-20-9-5-3-7-17(20)11-12-18-8-4-6-10-21(18)23;/h3-10,16,19,22,24H,11-15H2,1-2H3;1H. The molecule has 0 radical (unpaired) electrons. The van der Waals surface area contributed by atoms with Gasteiger partial charge in [-0.25, -0.2) is 0 Å². The number of aliphatic hydroxyl groups excluding tert-OH is 1.